The Labute approximate surface area is 92.5 Å². The van der Waals surface area contributed by atoms with Gasteiger partial charge in [0.2, 0.25) is 0 Å². The first-order valence-corrected chi connectivity index (χ1v) is 4.84. The van der Waals surface area contributed by atoms with E-state index < -0.39 is 0 Å². The number of aryl methyl sites for hydroxylation is 1. The summed E-state index contributed by atoms with van der Waals surface area (Å²) >= 11 is 0. The molecule has 1 N–H and O–H groups in total. The van der Waals surface area contributed by atoms with Crippen LogP contribution in [0.5, 0.6) is 0 Å². The van der Waals surface area contributed by atoms with Gasteiger partial charge in [-0.15, -0.1) is 0 Å². The van der Waals surface area contributed by atoms with Crippen molar-refractivity contribution in [2.24, 2.45) is 0 Å². The fourth-order valence-electron chi connectivity index (χ4n) is 1.78. The quantitative estimate of drug-likeness (QED) is 0.795. The highest BCUT2D eigenvalue weighted by Gasteiger charge is 2.12. The molecule has 2 rings (SSSR count). The van der Waals surface area contributed by atoms with Crippen LogP contribution in [0, 0.1) is 24.1 Å². The van der Waals surface area contributed by atoms with Crippen LogP contribution < -0.4 is 5.32 Å². The highest BCUT2D eigenvalue weighted by molar-refractivity contribution is 5.96. The van der Waals surface area contributed by atoms with Crippen molar-refractivity contribution in [1.82, 2.24) is 4.98 Å². The average Bonchev–Trinajstić information content (AvgIpc) is 2.32. The molecule has 0 saturated carbocycles. The van der Waals surface area contributed by atoms with Gasteiger partial charge in [0.25, 0.3) is 0 Å². The number of nitriles is 1. The molecule has 0 saturated heterocycles. The van der Waals surface area contributed by atoms with Gasteiger partial charge in [0.05, 0.1) is 11.3 Å². The van der Waals surface area contributed by atoms with Crippen molar-refractivity contribution in [1.29, 1.82) is 5.26 Å². The lowest BCUT2D eigenvalue weighted by Crippen LogP contribution is -1.98. The zero-order chi connectivity index (χ0) is 11.7. The molecule has 2 aromatic rings. The fourth-order valence-corrected chi connectivity index (χ4v) is 1.78. The summed E-state index contributed by atoms with van der Waals surface area (Å²) in [7, 11) is 1.71. The first kappa shape index (κ1) is 10.4. The van der Waals surface area contributed by atoms with Gasteiger partial charge in [-0.2, -0.15) is 5.26 Å². The molecule has 0 fully saturated rings. The van der Waals surface area contributed by atoms with Crippen LogP contribution in [-0.2, 0) is 0 Å². The zero-order valence-electron chi connectivity index (χ0n) is 9.00. The highest BCUT2D eigenvalue weighted by Crippen LogP contribution is 2.29. The predicted octanol–water partition coefficient (Wildman–Crippen LogP) is 2.60. The van der Waals surface area contributed by atoms with Gasteiger partial charge in [0, 0.05) is 18.6 Å². The minimum atomic E-state index is -0.374. The van der Waals surface area contributed by atoms with Crippen molar-refractivity contribution in [3.05, 3.63) is 35.3 Å². The Hall–Kier alpha value is -2.15. The topological polar surface area (TPSA) is 48.7 Å². The number of hydrogen-bond donors (Lipinski definition) is 1. The van der Waals surface area contributed by atoms with Gasteiger partial charge in [-0.25, -0.2) is 4.39 Å². The van der Waals surface area contributed by atoms with Gasteiger partial charge in [-0.1, -0.05) is 6.07 Å². The Morgan fingerprint density at radius 3 is 2.81 bits per heavy atom. The van der Waals surface area contributed by atoms with Crippen LogP contribution in [-0.4, -0.2) is 12.0 Å². The molecule has 0 radical (unpaired) electrons. The van der Waals surface area contributed by atoms with E-state index in [9.17, 15) is 4.39 Å². The van der Waals surface area contributed by atoms with Crippen LogP contribution in [0.4, 0.5) is 10.1 Å². The van der Waals surface area contributed by atoms with Gasteiger partial charge >= 0.3 is 0 Å². The number of pyridine rings is 1. The summed E-state index contributed by atoms with van der Waals surface area (Å²) in [6.45, 7) is 1.87. The number of benzene rings is 1. The second-order valence-corrected chi connectivity index (χ2v) is 3.50. The smallest absolute Gasteiger partial charge is 0.149 e. The summed E-state index contributed by atoms with van der Waals surface area (Å²) in [5, 5.41) is 12.5. The summed E-state index contributed by atoms with van der Waals surface area (Å²) in [4.78, 5) is 3.98. The number of hydrogen-bond acceptors (Lipinski definition) is 3. The number of anilines is 1. The van der Waals surface area contributed by atoms with Crippen LogP contribution in [0.15, 0.2) is 18.3 Å². The molecular formula is C12H10FN3. The van der Waals surface area contributed by atoms with E-state index in [1.165, 1.54) is 12.3 Å². The maximum absolute atomic E-state index is 13.5. The summed E-state index contributed by atoms with van der Waals surface area (Å²) in [5.41, 5.74) is 2.24. The molecule has 0 spiro atoms. The number of halogens is 1. The second-order valence-electron chi connectivity index (χ2n) is 3.50. The predicted molar refractivity (Wildman–Crippen MR) is 60.7 cm³/mol. The molecule has 1 aromatic heterocycles. The minimum absolute atomic E-state index is 0.295. The molecular weight excluding hydrogens is 205 g/mol. The summed E-state index contributed by atoms with van der Waals surface area (Å²) in [6, 6.07) is 5.10. The van der Waals surface area contributed by atoms with Crippen molar-refractivity contribution in [2.45, 2.75) is 6.92 Å². The molecule has 3 nitrogen and oxygen atoms in total. The number of aromatic nitrogens is 1. The van der Waals surface area contributed by atoms with E-state index in [4.69, 9.17) is 5.26 Å². The molecule has 1 aromatic carbocycles. The van der Waals surface area contributed by atoms with Crippen LogP contribution in [0.2, 0.25) is 0 Å². The molecule has 0 aliphatic carbocycles. The van der Waals surface area contributed by atoms with E-state index in [-0.39, 0.29) is 5.82 Å². The fraction of sp³-hybridized carbons (Fsp3) is 0.167. The van der Waals surface area contributed by atoms with E-state index in [2.05, 4.69) is 10.3 Å². The Morgan fingerprint density at radius 1 is 1.44 bits per heavy atom. The number of nitrogens with one attached hydrogen (secondary N) is 1. The van der Waals surface area contributed by atoms with Crippen molar-refractivity contribution >= 4 is 16.6 Å². The molecule has 0 unspecified atom stereocenters. The van der Waals surface area contributed by atoms with Crippen molar-refractivity contribution in [3.8, 4) is 6.07 Å². The first-order valence-electron chi connectivity index (χ1n) is 4.84. The van der Waals surface area contributed by atoms with E-state index >= 15 is 0 Å². The monoisotopic (exact) mass is 215 g/mol. The normalized spacial score (nSPS) is 10.1. The maximum Gasteiger partial charge on any atom is 0.149 e. The lowest BCUT2D eigenvalue weighted by molar-refractivity contribution is 0.636. The summed E-state index contributed by atoms with van der Waals surface area (Å²) < 4.78 is 13.5. The third-order valence-electron chi connectivity index (χ3n) is 2.55. The second kappa shape index (κ2) is 3.78. The van der Waals surface area contributed by atoms with E-state index in [1.54, 1.807) is 13.1 Å². The number of rotatable bonds is 1. The molecule has 0 aliphatic rings. The third kappa shape index (κ3) is 1.38. The summed E-state index contributed by atoms with van der Waals surface area (Å²) in [6.07, 6.45) is 1.39. The first-order chi connectivity index (χ1) is 7.69. The molecule has 0 atom stereocenters. The van der Waals surface area contributed by atoms with Gasteiger partial charge in [0.1, 0.15) is 17.4 Å². The largest absolute Gasteiger partial charge is 0.386 e. The molecule has 1 heterocycles. The van der Waals surface area contributed by atoms with Crippen molar-refractivity contribution in [2.75, 3.05) is 12.4 Å². The lowest BCUT2D eigenvalue weighted by Gasteiger charge is -2.10. The molecule has 0 amide bonds. The average molecular weight is 215 g/mol. The van der Waals surface area contributed by atoms with E-state index in [0.29, 0.717) is 22.2 Å². The Morgan fingerprint density at radius 2 is 2.19 bits per heavy atom. The van der Waals surface area contributed by atoms with Crippen LogP contribution in [0.25, 0.3) is 10.9 Å². The van der Waals surface area contributed by atoms with Gasteiger partial charge in [0.15, 0.2) is 0 Å². The Kier molecular flexibility index (Phi) is 2.45. The number of fused-ring (bicyclic) bond motifs is 1. The van der Waals surface area contributed by atoms with Crippen molar-refractivity contribution < 1.29 is 4.39 Å². The molecule has 16 heavy (non-hydrogen) atoms. The molecule has 80 valence electrons. The van der Waals surface area contributed by atoms with Gasteiger partial charge in [-0.05, 0) is 18.6 Å². The van der Waals surface area contributed by atoms with Crippen molar-refractivity contribution in [3.63, 3.8) is 0 Å². The minimum Gasteiger partial charge on any atom is -0.386 e. The molecule has 0 bridgehead atoms. The van der Waals surface area contributed by atoms with Crippen LogP contribution in [0.1, 0.15) is 11.1 Å². The lowest BCUT2D eigenvalue weighted by atomic mass is 10.0. The van der Waals surface area contributed by atoms with Crippen LogP contribution in [0.3, 0.4) is 0 Å². The Bertz CT molecular complexity index is 599. The SMILES string of the molecule is CNc1c(C#N)cnc2c(F)ccc(C)c12. The van der Waals surface area contributed by atoms with Gasteiger partial charge in [-0.3, -0.25) is 4.98 Å². The Balaban J connectivity index is 2.98. The van der Waals surface area contributed by atoms with Crippen LogP contribution >= 0.6 is 0 Å². The molecule has 4 heteroatoms. The number of nitrogens with zero attached hydrogens (tertiary/aromatic N) is 2. The van der Waals surface area contributed by atoms with E-state index in [1.807, 2.05) is 13.0 Å². The maximum atomic E-state index is 13.5. The zero-order valence-corrected chi connectivity index (χ0v) is 9.00. The molecule has 0 aliphatic heterocycles. The van der Waals surface area contributed by atoms with E-state index in [0.717, 1.165) is 5.56 Å². The van der Waals surface area contributed by atoms with Gasteiger partial charge < -0.3 is 5.32 Å². The standard InChI is InChI=1S/C12H10FN3/c1-7-3-4-9(13)12-10(7)11(15-2)8(5-14)6-16-12/h3-4,6H,1-2H3,(H,15,16). The summed E-state index contributed by atoms with van der Waals surface area (Å²) in [5.74, 6) is -0.374. The third-order valence-corrected chi connectivity index (χ3v) is 2.55. The highest BCUT2D eigenvalue weighted by atomic mass is 19.1.